The molecule has 4 nitrogen and oxygen atoms in total. The Bertz CT molecular complexity index is 357. The van der Waals surface area contributed by atoms with E-state index in [1.54, 1.807) is 7.11 Å². The Balaban J connectivity index is 2.57. The maximum Gasteiger partial charge on any atom is 0.262 e. The second-order valence-electron chi connectivity index (χ2n) is 3.13. The lowest BCUT2D eigenvalue weighted by Crippen LogP contribution is -2.20. The number of halogens is 1. The van der Waals surface area contributed by atoms with Crippen molar-refractivity contribution < 1.29 is 14.4 Å². The number of hydrogen-bond donors (Lipinski definition) is 0. The average Bonchev–Trinajstić information content (AvgIpc) is 2.35. The van der Waals surface area contributed by atoms with E-state index in [9.17, 15) is 4.79 Å². The first-order valence-electron chi connectivity index (χ1n) is 4.83. The summed E-state index contributed by atoms with van der Waals surface area (Å²) in [6.07, 6.45) is 0.840. The predicted molar refractivity (Wildman–Crippen MR) is 61.0 cm³/mol. The van der Waals surface area contributed by atoms with Gasteiger partial charge in [-0.2, -0.15) is 0 Å². The van der Waals surface area contributed by atoms with Crippen LogP contribution in [0.5, 0.6) is 5.75 Å². The topological polar surface area (TPSA) is 38.8 Å². The molecule has 0 aromatic heterocycles. The van der Waals surface area contributed by atoms with Crippen LogP contribution < -0.4 is 4.74 Å². The van der Waals surface area contributed by atoms with E-state index < -0.39 is 0 Å². The van der Waals surface area contributed by atoms with Gasteiger partial charge in [0.1, 0.15) is 5.75 Å². The van der Waals surface area contributed by atoms with Gasteiger partial charge in [0.05, 0.1) is 14.2 Å². The third-order valence-electron chi connectivity index (χ3n) is 2.16. The van der Waals surface area contributed by atoms with E-state index in [0.717, 1.165) is 11.3 Å². The first-order chi connectivity index (χ1) is 7.69. The summed E-state index contributed by atoms with van der Waals surface area (Å²) in [5.74, 6) is 0.490. The van der Waals surface area contributed by atoms with Gasteiger partial charge in [-0.05, 0) is 18.1 Å². The Kier molecular flexibility index (Phi) is 5.08. The van der Waals surface area contributed by atoms with Gasteiger partial charge in [0, 0.05) is 18.2 Å². The molecule has 0 saturated heterocycles. The number of methoxy groups -OCH3 is 1. The monoisotopic (exact) mass is 243 g/mol. The molecule has 1 aromatic rings. The van der Waals surface area contributed by atoms with E-state index in [4.69, 9.17) is 16.5 Å². The SMILES string of the molecule is COc1ccccc1CCC(=O)N(Cl)OC. The zero-order chi connectivity index (χ0) is 12.0. The van der Waals surface area contributed by atoms with Gasteiger partial charge in [0.2, 0.25) is 0 Å². The van der Waals surface area contributed by atoms with Crippen LogP contribution in [0, 0.1) is 0 Å². The first kappa shape index (κ1) is 12.8. The molecule has 0 saturated carbocycles. The molecule has 0 aliphatic carbocycles. The second kappa shape index (κ2) is 6.35. The highest BCUT2D eigenvalue weighted by molar-refractivity contribution is 6.20. The minimum atomic E-state index is -0.282. The van der Waals surface area contributed by atoms with Crippen molar-refractivity contribution in [3.8, 4) is 5.75 Å². The molecule has 88 valence electrons. The standard InChI is InChI=1S/C11H14ClNO3/c1-15-10-6-4-3-5-9(10)7-8-11(14)13(12)16-2/h3-6H,7-8H2,1-2H3. The Hall–Kier alpha value is -1.26. The predicted octanol–water partition coefficient (Wildman–Crippen LogP) is 2.17. The Morgan fingerprint density at radius 1 is 1.38 bits per heavy atom. The number of hydrogen-bond acceptors (Lipinski definition) is 3. The molecule has 0 aliphatic rings. The summed E-state index contributed by atoms with van der Waals surface area (Å²) in [5, 5.41) is 0. The van der Waals surface area contributed by atoms with Gasteiger partial charge in [-0.15, -0.1) is 4.58 Å². The van der Waals surface area contributed by atoms with Crippen LogP contribution in [0.1, 0.15) is 12.0 Å². The van der Waals surface area contributed by atoms with Gasteiger partial charge < -0.3 is 4.74 Å². The minimum Gasteiger partial charge on any atom is -0.496 e. The molecule has 0 bridgehead atoms. The number of rotatable bonds is 5. The quantitative estimate of drug-likeness (QED) is 0.588. The number of para-hydroxylation sites is 1. The fourth-order valence-corrected chi connectivity index (χ4v) is 1.43. The molecule has 0 N–H and O–H groups in total. The van der Waals surface area contributed by atoms with Crippen molar-refractivity contribution in [1.82, 2.24) is 4.58 Å². The maximum absolute atomic E-state index is 11.4. The Labute approximate surface area is 99.8 Å². The van der Waals surface area contributed by atoms with Crippen LogP contribution in [-0.2, 0) is 16.1 Å². The smallest absolute Gasteiger partial charge is 0.262 e. The molecule has 1 aromatic carbocycles. The lowest BCUT2D eigenvalue weighted by atomic mass is 10.1. The van der Waals surface area contributed by atoms with Crippen LogP contribution in [0.3, 0.4) is 0 Å². The number of carbonyl (C=O) groups excluding carboxylic acids is 1. The molecule has 0 unspecified atom stereocenters. The summed E-state index contributed by atoms with van der Waals surface area (Å²) in [4.78, 5) is 16.0. The summed E-state index contributed by atoms with van der Waals surface area (Å²) in [7, 11) is 2.94. The third kappa shape index (κ3) is 3.40. The average molecular weight is 244 g/mol. The van der Waals surface area contributed by atoms with E-state index >= 15 is 0 Å². The fourth-order valence-electron chi connectivity index (χ4n) is 1.34. The zero-order valence-corrected chi connectivity index (χ0v) is 10.0. The zero-order valence-electron chi connectivity index (χ0n) is 9.27. The highest BCUT2D eigenvalue weighted by atomic mass is 35.5. The number of nitrogens with zero attached hydrogens (tertiary/aromatic N) is 1. The van der Waals surface area contributed by atoms with Crippen molar-refractivity contribution in [2.45, 2.75) is 12.8 Å². The first-order valence-corrected chi connectivity index (χ1v) is 5.17. The Morgan fingerprint density at radius 2 is 2.06 bits per heavy atom. The van der Waals surface area contributed by atoms with Gasteiger partial charge in [-0.1, -0.05) is 18.2 Å². The molecule has 1 rings (SSSR count). The highest BCUT2D eigenvalue weighted by Gasteiger charge is 2.11. The van der Waals surface area contributed by atoms with Crippen LogP contribution in [0.2, 0.25) is 0 Å². The van der Waals surface area contributed by atoms with Gasteiger partial charge in [0.25, 0.3) is 5.91 Å². The molecule has 0 spiro atoms. The van der Waals surface area contributed by atoms with Crippen LogP contribution in [0.15, 0.2) is 24.3 Å². The Morgan fingerprint density at radius 3 is 2.69 bits per heavy atom. The normalized spacial score (nSPS) is 9.94. The lowest BCUT2D eigenvalue weighted by Gasteiger charge is -2.11. The van der Waals surface area contributed by atoms with E-state index in [0.29, 0.717) is 11.0 Å². The number of ether oxygens (including phenoxy) is 1. The molecule has 16 heavy (non-hydrogen) atoms. The van der Waals surface area contributed by atoms with E-state index in [1.807, 2.05) is 24.3 Å². The number of hydroxylamine groups is 1. The van der Waals surface area contributed by atoms with Crippen molar-refractivity contribution in [3.63, 3.8) is 0 Å². The molecule has 0 fully saturated rings. The molecular weight excluding hydrogens is 230 g/mol. The molecule has 1 amide bonds. The molecule has 0 radical (unpaired) electrons. The molecule has 5 heteroatoms. The van der Waals surface area contributed by atoms with Crippen LogP contribution in [0.25, 0.3) is 0 Å². The molecule has 0 aliphatic heterocycles. The summed E-state index contributed by atoms with van der Waals surface area (Å²) < 4.78 is 5.88. The van der Waals surface area contributed by atoms with Crippen molar-refractivity contribution in [3.05, 3.63) is 29.8 Å². The fraction of sp³-hybridized carbons (Fsp3) is 0.364. The summed E-state index contributed by atoms with van der Waals surface area (Å²) in [5.41, 5.74) is 0.972. The van der Waals surface area contributed by atoms with Crippen molar-refractivity contribution in [2.24, 2.45) is 0 Å². The van der Waals surface area contributed by atoms with Crippen molar-refractivity contribution in [1.29, 1.82) is 0 Å². The largest absolute Gasteiger partial charge is 0.496 e. The number of aryl methyl sites for hydroxylation is 1. The van der Waals surface area contributed by atoms with Gasteiger partial charge in [-0.3, -0.25) is 9.63 Å². The number of carbonyl (C=O) groups is 1. The summed E-state index contributed by atoms with van der Waals surface area (Å²) in [6, 6.07) is 7.55. The van der Waals surface area contributed by atoms with Crippen molar-refractivity contribution in [2.75, 3.05) is 14.2 Å². The number of benzene rings is 1. The summed E-state index contributed by atoms with van der Waals surface area (Å²) >= 11 is 5.49. The van der Waals surface area contributed by atoms with Crippen molar-refractivity contribution >= 4 is 17.7 Å². The third-order valence-corrected chi connectivity index (χ3v) is 2.48. The van der Waals surface area contributed by atoms with Gasteiger partial charge >= 0.3 is 0 Å². The van der Waals surface area contributed by atoms with Crippen LogP contribution >= 0.6 is 11.8 Å². The van der Waals surface area contributed by atoms with Crippen LogP contribution in [0.4, 0.5) is 0 Å². The van der Waals surface area contributed by atoms with E-state index in [2.05, 4.69) is 4.84 Å². The minimum absolute atomic E-state index is 0.276. The lowest BCUT2D eigenvalue weighted by molar-refractivity contribution is -0.152. The second-order valence-corrected chi connectivity index (χ2v) is 3.44. The van der Waals surface area contributed by atoms with E-state index in [1.165, 1.54) is 7.11 Å². The highest BCUT2D eigenvalue weighted by Crippen LogP contribution is 2.19. The van der Waals surface area contributed by atoms with Gasteiger partial charge in [-0.25, -0.2) is 0 Å². The summed E-state index contributed by atoms with van der Waals surface area (Å²) in [6.45, 7) is 0. The molecule has 0 heterocycles. The molecular formula is C11H14ClNO3. The van der Waals surface area contributed by atoms with Gasteiger partial charge in [0.15, 0.2) is 0 Å². The maximum atomic E-state index is 11.4. The number of amides is 1. The van der Waals surface area contributed by atoms with E-state index in [-0.39, 0.29) is 12.3 Å². The molecule has 0 atom stereocenters. The van der Waals surface area contributed by atoms with Crippen LogP contribution in [-0.4, -0.2) is 24.7 Å².